The first-order valence-corrected chi connectivity index (χ1v) is 6.72. The van der Waals surface area contributed by atoms with Crippen LogP contribution in [0.3, 0.4) is 0 Å². The van der Waals surface area contributed by atoms with Gasteiger partial charge in [-0.05, 0) is 18.9 Å². The Labute approximate surface area is 66.4 Å². The molecule has 7 heteroatoms. The molecule has 1 unspecified atom stereocenters. The summed E-state index contributed by atoms with van der Waals surface area (Å²) in [6.07, 6.45) is 1.92. The van der Waals surface area contributed by atoms with Crippen LogP contribution < -0.4 is 0 Å². The molecule has 0 aromatic rings. The van der Waals surface area contributed by atoms with Crippen molar-refractivity contribution in [3.8, 4) is 0 Å². The monoisotopic (exact) mass is 198 g/mol. The molecule has 0 aliphatic carbocycles. The van der Waals surface area contributed by atoms with Crippen molar-refractivity contribution in [1.82, 2.24) is 0 Å². The van der Waals surface area contributed by atoms with E-state index in [0.717, 1.165) is 12.8 Å². The van der Waals surface area contributed by atoms with Gasteiger partial charge in [0.15, 0.2) is 0 Å². The van der Waals surface area contributed by atoms with Gasteiger partial charge in [-0.15, -0.1) is 0 Å². The Morgan fingerprint density at radius 2 is 2.18 bits per heavy atom. The maximum atomic E-state index is 10.3. The van der Waals surface area contributed by atoms with E-state index in [-0.39, 0.29) is 0 Å². The molecule has 0 aromatic heterocycles. The van der Waals surface area contributed by atoms with Crippen LogP contribution in [0.2, 0.25) is 6.04 Å². The number of hydrogen-bond donors (Lipinski definition) is 2. The maximum absolute atomic E-state index is 10.3. The Hall–Kier alpha value is 0.287. The van der Waals surface area contributed by atoms with E-state index in [1.165, 1.54) is 0 Å². The molecule has 1 fully saturated rings. The number of phosphoric acid groups is 1. The number of rotatable bonds is 2. The molecule has 2 N–H and O–H groups in total. The zero-order valence-electron chi connectivity index (χ0n) is 5.97. The lowest BCUT2D eigenvalue weighted by molar-refractivity contribution is 0.204. The Bertz CT molecular complexity index is 162. The molecule has 11 heavy (non-hydrogen) atoms. The van der Waals surface area contributed by atoms with Gasteiger partial charge in [-0.25, -0.2) is 4.57 Å². The molecule has 1 heterocycles. The summed E-state index contributed by atoms with van der Waals surface area (Å²) >= 11 is 0. The zero-order chi connectivity index (χ0) is 8.32. The molecule has 1 aliphatic heterocycles. The first-order chi connectivity index (χ1) is 5.08. The zero-order valence-corrected chi connectivity index (χ0v) is 8.02. The van der Waals surface area contributed by atoms with Crippen LogP contribution in [-0.4, -0.2) is 25.7 Å². The van der Waals surface area contributed by atoms with Crippen LogP contribution in [0.4, 0.5) is 0 Å². The minimum absolute atomic E-state index is 0.580. The van der Waals surface area contributed by atoms with Gasteiger partial charge in [-0.1, -0.05) is 0 Å². The highest BCUT2D eigenvalue weighted by Gasteiger charge is 2.26. The SMILES string of the molecule is O=P(O)(O)O[SiH]1CCCCO1. The summed E-state index contributed by atoms with van der Waals surface area (Å²) in [5.74, 6) is 0. The van der Waals surface area contributed by atoms with E-state index >= 15 is 0 Å². The molecule has 0 radical (unpaired) electrons. The third kappa shape index (κ3) is 4.00. The van der Waals surface area contributed by atoms with Gasteiger partial charge in [0, 0.05) is 6.61 Å². The second kappa shape index (κ2) is 3.80. The third-order valence-electron chi connectivity index (χ3n) is 1.39. The lowest BCUT2D eigenvalue weighted by Crippen LogP contribution is -2.25. The molecule has 1 atom stereocenters. The molecule has 66 valence electrons. The molecule has 5 nitrogen and oxygen atoms in total. The molecule has 0 saturated carbocycles. The second-order valence-corrected chi connectivity index (χ2v) is 5.99. The summed E-state index contributed by atoms with van der Waals surface area (Å²) in [6, 6.07) is 0.700. The van der Waals surface area contributed by atoms with Crippen molar-refractivity contribution >= 4 is 17.1 Å². The predicted octanol–water partition coefficient (Wildman–Crippen LogP) is 0.127. The van der Waals surface area contributed by atoms with E-state index in [9.17, 15) is 4.57 Å². The summed E-state index contributed by atoms with van der Waals surface area (Å²) in [6.45, 7) is 0.580. The van der Waals surface area contributed by atoms with Crippen LogP contribution in [0.15, 0.2) is 0 Å². The quantitative estimate of drug-likeness (QED) is 0.487. The molecular formula is C4H11O5PSi. The van der Waals surface area contributed by atoms with Gasteiger partial charge in [0.05, 0.1) is 0 Å². The first kappa shape index (κ1) is 9.38. The highest BCUT2D eigenvalue weighted by molar-refractivity contribution is 7.47. The van der Waals surface area contributed by atoms with Gasteiger partial charge in [0.25, 0.3) is 0 Å². The highest BCUT2D eigenvalue weighted by atomic mass is 31.2. The van der Waals surface area contributed by atoms with Crippen molar-refractivity contribution in [3.63, 3.8) is 0 Å². The average Bonchev–Trinajstić information content (AvgIpc) is 1.85. The van der Waals surface area contributed by atoms with E-state index in [0.29, 0.717) is 12.7 Å². The van der Waals surface area contributed by atoms with Crippen molar-refractivity contribution < 1.29 is 23.0 Å². The lowest BCUT2D eigenvalue weighted by atomic mass is 10.4. The van der Waals surface area contributed by atoms with Gasteiger partial charge in [0.2, 0.25) is 0 Å². The summed E-state index contributed by atoms with van der Waals surface area (Å²) in [5, 5.41) is 0. The van der Waals surface area contributed by atoms with Crippen LogP contribution in [0, 0.1) is 0 Å². The van der Waals surface area contributed by atoms with Gasteiger partial charge in [-0.3, -0.25) is 0 Å². The summed E-state index contributed by atoms with van der Waals surface area (Å²) in [5.41, 5.74) is 0. The van der Waals surface area contributed by atoms with Crippen molar-refractivity contribution in [2.24, 2.45) is 0 Å². The molecule has 0 spiro atoms. The van der Waals surface area contributed by atoms with E-state index in [4.69, 9.17) is 14.2 Å². The van der Waals surface area contributed by atoms with Crippen LogP contribution in [0.1, 0.15) is 12.8 Å². The van der Waals surface area contributed by atoms with Gasteiger partial charge in [0.1, 0.15) is 0 Å². The summed E-state index contributed by atoms with van der Waals surface area (Å²) < 4.78 is 19.9. The van der Waals surface area contributed by atoms with Crippen molar-refractivity contribution in [1.29, 1.82) is 0 Å². The van der Waals surface area contributed by atoms with E-state index in [2.05, 4.69) is 4.21 Å². The molecule has 0 aromatic carbocycles. The van der Waals surface area contributed by atoms with Crippen molar-refractivity contribution in [2.75, 3.05) is 6.61 Å². The second-order valence-electron chi connectivity index (χ2n) is 2.39. The number of hydrogen-bond acceptors (Lipinski definition) is 3. The van der Waals surface area contributed by atoms with Gasteiger partial charge in [-0.2, -0.15) is 0 Å². The molecular weight excluding hydrogens is 187 g/mol. The van der Waals surface area contributed by atoms with E-state index < -0.39 is 17.1 Å². The van der Waals surface area contributed by atoms with E-state index in [1.54, 1.807) is 0 Å². The minimum Gasteiger partial charge on any atom is -0.396 e. The fourth-order valence-electron chi connectivity index (χ4n) is 0.947. The van der Waals surface area contributed by atoms with Crippen LogP contribution in [-0.2, 0) is 13.2 Å². The fourth-order valence-corrected chi connectivity index (χ4v) is 4.06. The highest BCUT2D eigenvalue weighted by Crippen LogP contribution is 2.38. The Kier molecular flexibility index (Phi) is 3.24. The predicted molar refractivity (Wildman–Crippen MR) is 40.3 cm³/mol. The standard InChI is InChI=1S/C4H11O5PSi/c5-10(6,7)9-11-4-2-1-3-8-11/h11H,1-4H2,(H2,5,6,7). The fraction of sp³-hybridized carbons (Fsp3) is 1.00. The van der Waals surface area contributed by atoms with Crippen molar-refractivity contribution in [2.45, 2.75) is 18.9 Å². The normalized spacial score (nSPS) is 26.9. The summed E-state index contributed by atoms with van der Waals surface area (Å²) in [4.78, 5) is 16.8. The summed E-state index contributed by atoms with van der Waals surface area (Å²) in [7, 11) is -6.31. The smallest absolute Gasteiger partial charge is 0.396 e. The molecule has 1 aliphatic rings. The van der Waals surface area contributed by atoms with Crippen LogP contribution in [0.5, 0.6) is 0 Å². The van der Waals surface area contributed by atoms with Gasteiger partial charge < -0.3 is 18.4 Å². The molecule has 0 amide bonds. The average molecular weight is 198 g/mol. The third-order valence-corrected chi connectivity index (χ3v) is 4.92. The molecule has 1 saturated heterocycles. The van der Waals surface area contributed by atoms with E-state index in [1.807, 2.05) is 0 Å². The lowest BCUT2D eigenvalue weighted by Gasteiger charge is -2.20. The van der Waals surface area contributed by atoms with Crippen LogP contribution in [0.25, 0.3) is 0 Å². The Morgan fingerprint density at radius 3 is 2.64 bits per heavy atom. The molecule has 0 bridgehead atoms. The van der Waals surface area contributed by atoms with Gasteiger partial charge >= 0.3 is 17.1 Å². The minimum atomic E-state index is -4.30. The maximum Gasteiger partial charge on any atom is 0.461 e. The Balaban J connectivity index is 2.30. The molecule has 1 rings (SSSR count). The first-order valence-electron chi connectivity index (χ1n) is 3.43. The van der Waals surface area contributed by atoms with Crippen molar-refractivity contribution in [3.05, 3.63) is 0 Å². The van der Waals surface area contributed by atoms with Crippen LogP contribution >= 0.6 is 7.82 Å². The Morgan fingerprint density at radius 1 is 1.45 bits per heavy atom. The largest absolute Gasteiger partial charge is 0.461 e. The topological polar surface area (TPSA) is 76.0 Å².